The van der Waals surface area contributed by atoms with Gasteiger partial charge in [0.2, 0.25) is 0 Å². The normalized spacial score (nSPS) is 26.6. The van der Waals surface area contributed by atoms with Crippen molar-refractivity contribution >= 4 is 0 Å². The monoisotopic (exact) mass is 289 g/mol. The van der Waals surface area contributed by atoms with Crippen molar-refractivity contribution in [1.29, 1.82) is 0 Å². The van der Waals surface area contributed by atoms with Crippen molar-refractivity contribution in [3.05, 3.63) is 29.8 Å². The van der Waals surface area contributed by atoms with Gasteiger partial charge < -0.3 is 10.1 Å². The Morgan fingerprint density at radius 3 is 2.43 bits per heavy atom. The molecule has 1 aromatic carbocycles. The van der Waals surface area contributed by atoms with Gasteiger partial charge in [-0.05, 0) is 54.3 Å². The maximum absolute atomic E-state index is 5.29. The maximum atomic E-state index is 5.29. The van der Waals surface area contributed by atoms with Gasteiger partial charge in [-0.2, -0.15) is 0 Å². The standard InChI is InChI=1S/C19H31NO/c1-6-20-18-13-14(2)7-12-17(18)19(3,4)15-8-10-16(21-5)11-9-15/h8-11,14,17-18,20H,6-7,12-13H2,1-5H3. The van der Waals surface area contributed by atoms with Gasteiger partial charge in [-0.3, -0.25) is 0 Å². The van der Waals surface area contributed by atoms with E-state index >= 15 is 0 Å². The molecule has 3 unspecified atom stereocenters. The van der Waals surface area contributed by atoms with E-state index in [1.807, 2.05) is 0 Å². The van der Waals surface area contributed by atoms with Gasteiger partial charge in [0.1, 0.15) is 5.75 Å². The van der Waals surface area contributed by atoms with E-state index in [9.17, 15) is 0 Å². The van der Waals surface area contributed by atoms with Crippen LogP contribution in [0, 0.1) is 11.8 Å². The number of hydrogen-bond donors (Lipinski definition) is 1. The minimum absolute atomic E-state index is 0.194. The van der Waals surface area contributed by atoms with E-state index in [0.29, 0.717) is 12.0 Å². The zero-order valence-electron chi connectivity index (χ0n) is 14.3. The Labute approximate surface area is 130 Å². The maximum Gasteiger partial charge on any atom is 0.118 e. The second kappa shape index (κ2) is 6.83. The molecule has 1 aliphatic rings. The molecule has 1 fully saturated rings. The molecule has 0 heterocycles. The quantitative estimate of drug-likeness (QED) is 0.868. The predicted octanol–water partition coefficient (Wildman–Crippen LogP) is 4.39. The lowest BCUT2D eigenvalue weighted by atomic mass is 9.63. The summed E-state index contributed by atoms with van der Waals surface area (Å²) in [4.78, 5) is 0. The molecule has 1 saturated carbocycles. The second-order valence-corrected chi connectivity index (χ2v) is 7.14. The summed E-state index contributed by atoms with van der Waals surface area (Å²) in [7, 11) is 1.73. The summed E-state index contributed by atoms with van der Waals surface area (Å²) < 4.78 is 5.29. The number of nitrogens with one attached hydrogen (secondary N) is 1. The molecule has 2 rings (SSSR count). The number of rotatable bonds is 5. The van der Waals surface area contributed by atoms with E-state index in [-0.39, 0.29) is 5.41 Å². The largest absolute Gasteiger partial charge is 0.497 e. The predicted molar refractivity (Wildman–Crippen MR) is 90.0 cm³/mol. The van der Waals surface area contributed by atoms with Crippen LogP contribution < -0.4 is 10.1 Å². The zero-order chi connectivity index (χ0) is 15.5. The first-order valence-electron chi connectivity index (χ1n) is 8.37. The molecule has 21 heavy (non-hydrogen) atoms. The van der Waals surface area contributed by atoms with Crippen LogP contribution in [0.5, 0.6) is 5.75 Å². The van der Waals surface area contributed by atoms with Crippen LogP contribution in [0.3, 0.4) is 0 Å². The molecule has 0 bridgehead atoms. The molecule has 1 aliphatic carbocycles. The van der Waals surface area contributed by atoms with E-state index in [0.717, 1.165) is 18.2 Å². The Hall–Kier alpha value is -1.02. The molecule has 3 atom stereocenters. The van der Waals surface area contributed by atoms with Crippen LogP contribution in [-0.2, 0) is 5.41 Å². The molecule has 118 valence electrons. The molecule has 0 aromatic heterocycles. The fraction of sp³-hybridized carbons (Fsp3) is 0.684. The molecular formula is C19H31NO. The van der Waals surface area contributed by atoms with Gasteiger partial charge >= 0.3 is 0 Å². The molecule has 0 aliphatic heterocycles. The van der Waals surface area contributed by atoms with Crippen LogP contribution in [0.1, 0.15) is 52.5 Å². The molecule has 1 N–H and O–H groups in total. The zero-order valence-corrected chi connectivity index (χ0v) is 14.3. The lowest BCUT2D eigenvalue weighted by Crippen LogP contribution is -2.48. The smallest absolute Gasteiger partial charge is 0.118 e. The number of methoxy groups -OCH3 is 1. The van der Waals surface area contributed by atoms with Crippen molar-refractivity contribution < 1.29 is 4.74 Å². The topological polar surface area (TPSA) is 21.3 Å². The van der Waals surface area contributed by atoms with Gasteiger partial charge in [-0.15, -0.1) is 0 Å². The number of hydrogen-bond acceptors (Lipinski definition) is 2. The molecule has 0 spiro atoms. The SMILES string of the molecule is CCNC1CC(C)CCC1C(C)(C)c1ccc(OC)cc1. The molecular weight excluding hydrogens is 258 g/mol. The van der Waals surface area contributed by atoms with E-state index in [1.54, 1.807) is 7.11 Å². The summed E-state index contributed by atoms with van der Waals surface area (Å²) >= 11 is 0. The van der Waals surface area contributed by atoms with Crippen LogP contribution in [0.4, 0.5) is 0 Å². The highest BCUT2D eigenvalue weighted by Gasteiger charge is 2.39. The van der Waals surface area contributed by atoms with Crippen molar-refractivity contribution in [3.63, 3.8) is 0 Å². The highest BCUT2D eigenvalue weighted by Crippen LogP contribution is 2.42. The van der Waals surface area contributed by atoms with E-state index in [2.05, 4.69) is 57.3 Å². The summed E-state index contributed by atoms with van der Waals surface area (Å²) in [6.45, 7) is 10.5. The van der Waals surface area contributed by atoms with Crippen molar-refractivity contribution in [2.75, 3.05) is 13.7 Å². The second-order valence-electron chi connectivity index (χ2n) is 7.14. The lowest BCUT2D eigenvalue weighted by molar-refractivity contribution is 0.147. The summed E-state index contributed by atoms with van der Waals surface area (Å²) in [5.74, 6) is 2.48. The van der Waals surface area contributed by atoms with Gasteiger partial charge in [0.15, 0.2) is 0 Å². The van der Waals surface area contributed by atoms with Crippen molar-refractivity contribution in [1.82, 2.24) is 5.32 Å². The molecule has 2 nitrogen and oxygen atoms in total. The number of ether oxygens (including phenoxy) is 1. The molecule has 0 saturated heterocycles. The van der Waals surface area contributed by atoms with Gasteiger partial charge in [0.25, 0.3) is 0 Å². The van der Waals surface area contributed by atoms with E-state index in [4.69, 9.17) is 4.74 Å². The van der Waals surface area contributed by atoms with Crippen molar-refractivity contribution in [3.8, 4) is 5.75 Å². The van der Waals surface area contributed by atoms with Crippen LogP contribution >= 0.6 is 0 Å². The molecule has 2 heteroatoms. The first kappa shape index (κ1) is 16.4. The molecule has 0 amide bonds. The van der Waals surface area contributed by atoms with Crippen molar-refractivity contribution in [2.24, 2.45) is 11.8 Å². The summed E-state index contributed by atoms with van der Waals surface area (Å²) in [6.07, 6.45) is 3.97. The van der Waals surface area contributed by atoms with Gasteiger partial charge in [-0.1, -0.05) is 46.2 Å². The van der Waals surface area contributed by atoms with Crippen LogP contribution in [0.15, 0.2) is 24.3 Å². The highest BCUT2D eigenvalue weighted by atomic mass is 16.5. The Kier molecular flexibility index (Phi) is 5.32. The third-order valence-electron chi connectivity index (χ3n) is 5.34. The van der Waals surface area contributed by atoms with E-state index < -0.39 is 0 Å². The Morgan fingerprint density at radius 2 is 1.86 bits per heavy atom. The Balaban J connectivity index is 2.22. The minimum Gasteiger partial charge on any atom is -0.497 e. The average molecular weight is 289 g/mol. The summed E-state index contributed by atoms with van der Waals surface area (Å²) in [6, 6.07) is 9.28. The Morgan fingerprint density at radius 1 is 1.19 bits per heavy atom. The van der Waals surface area contributed by atoms with Crippen LogP contribution in [0.2, 0.25) is 0 Å². The first-order chi connectivity index (χ1) is 9.98. The van der Waals surface area contributed by atoms with Gasteiger partial charge in [0.05, 0.1) is 7.11 Å². The van der Waals surface area contributed by atoms with Gasteiger partial charge in [0, 0.05) is 6.04 Å². The first-order valence-corrected chi connectivity index (χ1v) is 8.37. The average Bonchev–Trinajstić information content (AvgIpc) is 2.47. The molecule has 0 radical (unpaired) electrons. The summed E-state index contributed by atoms with van der Waals surface area (Å²) in [5, 5.41) is 3.74. The third-order valence-corrected chi connectivity index (χ3v) is 5.34. The lowest BCUT2D eigenvalue weighted by Gasteiger charge is -2.45. The number of benzene rings is 1. The third kappa shape index (κ3) is 3.60. The Bertz CT molecular complexity index is 437. The van der Waals surface area contributed by atoms with E-state index in [1.165, 1.54) is 24.8 Å². The molecule has 1 aromatic rings. The van der Waals surface area contributed by atoms with Crippen LogP contribution in [0.25, 0.3) is 0 Å². The fourth-order valence-electron chi connectivity index (χ4n) is 3.97. The van der Waals surface area contributed by atoms with Gasteiger partial charge in [-0.25, -0.2) is 0 Å². The van der Waals surface area contributed by atoms with Crippen molar-refractivity contribution in [2.45, 2.75) is 58.4 Å². The minimum atomic E-state index is 0.194. The van der Waals surface area contributed by atoms with Crippen LogP contribution in [-0.4, -0.2) is 19.7 Å². The highest BCUT2D eigenvalue weighted by molar-refractivity contribution is 5.32. The summed E-state index contributed by atoms with van der Waals surface area (Å²) in [5.41, 5.74) is 1.62. The fourth-order valence-corrected chi connectivity index (χ4v) is 3.97.